The normalized spacial score (nSPS) is 12.3. The van der Waals surface area contributed by atoms with E-state index in [-0.39, 0.29) is 41.2 Å². The van der Waals surface area contributed by atoms with Crippen LogP contribution in [0.2, 0.25) is 0 Å². The predicted molar refractivity (Wildman–Crippen MR) is 177 cm³/mol. The number of halogens is 2. The number of anilines is 1. The maximum atomic E-state index is 12.6. The van der Waals surface area contributed by atoms with Gasteiger partial charge in [0.1, 0.15) is 18.9 Å². The number of carbonyl (C=O) groups is 2. The minimum Gasteiger partial charge on any atom is -1.00 e. The minimum atomic E-state index is -0.0879. The molecule has 0 unspecified atom stereocenters. The van der Waals surface area contributed by atoms with Crippen molar-refractivity contribution >= 4 is 40.8 Å². The largest absolute Gasteiger partial charge is 1.00 e. The van der Waals surface area contributed by atoms with Gasteiger partial charge < -0.3 is 31.5 Å². The van der Waals surface area contributed by atoms with E-state index in [1.165, 1.54) is 5.56 Å². The molecule has 0 saturated heterocycles. The lowest BCUT2D eigenvalue weighted by Crippen LogP contribution is -3.00. The third kappa shape index (κ3) is 10.1. The van der Waals surface area contributed by atoms with Crippen LogP contribution < -0.4 is 37.9 Å². The maximum absolute atomic E-state index is 12.6. The second kappa shape index (κ2) is 18.8. The second-order valence-electron chi connectivity index (χ2n) is 11.3. The zero-order valence-electron chi connectivity index (χ0n) is 26.4. The van der Waals surface area contributed by atoms with Crippen LogP contribution in [0.1, 0.15) is 80.9 Å². The molecule has 0 spiro atoms. The predicted octanol–water partition coefficient (Wildman–Crippen LogP) is 3.23. The first-order chi connectivity index (χ1) is 20.5. The van der Waals surface area contributed by atoms with Gasteiger partial charge in [-0.05, 0) is 95.2 Å². The number of aryl methyl sites for hydroxylation is 1. The van der Waals surface area contributed by atoms with E-state index < -0.39 is 0 Å². The smallest absolute Gasteiger partial charge is 0.251 e. The molecule has 10 heteroatoms. The number of ether oxygens (including phenoxy) is 1. The Morgan fingerprint density at radius 1 is 0.909 bits per heavy atom. The molecule has 242 valence electrons. The fourth-order valence-electron chi connectivity index (χ4n) is 5.81. The van der Waals surface area contributed by atoms with E-state index in [4.69, 9.17) is 9.72 Å². The number of likely N-dealkylation sites (N-methyl/N-ethyl adjacent to an activating group) is 1. The first kappa shape index (κ1) is 37.3. The molecule has 0 radical (unpaired) electrons. The number of carbonyl (C=O) groups excluding carboxylic acids is 2. The first-order valence-electron chi connectivity index (χ1n) is 15.8. The Bertz CT molecular complexity index is 1330. The number of benzene rings is 2. The van der Waals surface area contributed by atoms with E-state index in [0.717, 1.165) is 104 Å². The van der Waals surface area contributed by atoms with Crippen LogP contribution in [0.15, 0.2) is 48.5 Å². The van der Waals surface area contributed by atoms with Crippen LogP contribution in [0.5, 0.6) is 5.75 Å². The average molecular weight is 691 g/mol. The van der Waals surface area contributed by atoms with Gasteiger partial charge in [0.2, 0.25) is 5.91 Å². The van der Waals surface area contributed by atoms with Crippen LogP contribution in [0.4, 0.5) is 5.69 Å². The fraction of sp³-hybridized carbons (Fsp3) is 0.500. The van der Waals surface area contributed by atoms with Crippen molar-refractivity contribution in [3.8, 4) is 5.75 Å². The van der Waals surface area contributed by atoms with Crippen LogP contribution in [0.3, 0.4) is 0 Å². The number of hydrazine groups is 1. The van der Waals surface area contributed by atoms with Crippen molar-refractivity contribution in [2.45, 2.75) is 72.1 Å². The molecule has 3 N–H and O–H groups in total. The molecule has 0 bridgehead atoms. The van der Waals surface area contributed by atoms with Crippen molar-refractivity contribution in [3.05, 3.63) is 65.4 Å². The number of rotatable bonds is 16. The third-order valence-corrected chi connectivity index (χ3v) is 8.83. The van der Waals surface area contributed by atoms with Gasteiger partial charge in [0.15, 0.2) is 0 Å². The Morgan fingerprint density at radius 2 is 1.61 bits per heavy atom. The van der Waals surface area contributed by atoms with Crippen molar-refractivity contribution in [1.82, 2.24) is 15.7 Å². The molecule has 0 saturated carbocycles. The number of fused-ring (bicyclic) bond motifs is 2. The van der Waals surface area contributed by atoms with Gasteiger partial charge in [-0.25, -0.2) is 0 Å². The summed E-state index contributed by atoms with van der Waals surface area (Å²) in [6.45, 7) is 12.2. The van der Waals surface area contributed by atoms with Crippen LogP contribution >= 0.6 is 12.4 Å². The number of hydrogen-bond donors (Lipinski definition) is 3. The van der Waals surface area contributed by atoms with Crippen LogP contribution in [0.25, 0.3) is 10.9 Å². The Hall–Kier alpha value is -2.88. The van der Waals surface area contributed by atoms with Crippen molar-refractivity contribution in [2.75, 3.05) is 44.8 Å². The lowest BCUT2D eigenvalue weighted by atomic mass is 9.93. The molecular weight excluding hydrogens is 642 g/mol. The standard InChI is InChI=1S/C34H47N5O3.BrH.ClH/c1-4-39(5-2,6-3)24-25-42-27-21-19-26(20-22-27)34(41)35-23-13-7-8-18-32(40)37-38-33-28-14-9-11-16-30(28)36-31-17-12-10-15-29(31)33;;/h9,11,14,16,19-22H,4-8,10,12-13,15,17-18,23-25H2,1-3H3,(H2-,35,36,37,38,40,41);2*1H. The molecule has 1 aliphatic carbocycles. The molecule has 1 aromatic heterocycles. The topological polar surface area (TPSA) is 92.3 Å². The summed E-state index contributed by atoms with van der Waals surface area (Å²) in [6.07, 6.45) is 7.14. The number of nitrogens with zero attached hydrogens (tertiary/aromatic N) is 2. The Labute approximate surface area is 279 Å². The molecule has 4 rings (SSSR count). The van der Waals surface area contributed by atoms with Gasteiger partial charge in [0.25, 0.3) is 5.91 Å². The average Bonchev–Trinajstić information content (AvgIpc) is 3.03. The van der Waals surface area contributed by atoms with E-state index in [1.54, 1.807) is 0 Å². The van der Waals surface area contributed by atoms with Gasteiger partial charge in [-0.1, -0.05) is 24.6 Å². The summed E-state index contributed by atoms with van der Waals surface area (Å²) in [5, 5.41) is 4.02. The summed E-state index contributed by atoms with van der Waals surface area (Å²) in [5.74, 6) is 0.670. The molecule has 1 heterocycles. The van der Waals surface area contributed by atoms with E-state index in [2.05, 4.69) is 43.0 Å². The SMILES string of the molecule is CC[N+](CC)(CC)CCOc1ccc(C(=O)NCCCCCC(=O)NNc2c3c(nc4ccccc24)CCCC3)cc1.Cl.[Br-]. The Balaban J connectivity index is 0.00000337. The summed E-state index contributed by atoms with van der Waals surface area (Å²) in [7, 11) is 0. The fourth-order valence-corrected chi connectivity index (χ4v) is 5.81. The Morgan fingerprint density at radius 3 is 2.34 bits per heavy atom. The molecule has 1 aliphatic rings. The number of quaternary nitrogens is 1. The highest BCUT2D eigenvalue weighted by atomic mass is 79.9. The number of pyridine rings is 1. The highest BCUT2D eigenvalue weighted by Crippen LogP contribution is 2.32. The van der Waals surface area contributed by atoms with Gasteiger partial charge in [-0.3, -0.25) is 25.4 Å². The molecule has 8 nitrogen and oxygen atoms in total. The van der Waals surface area contributed by atoms with E-state index in [1.807, 2.05) is 42.5 Å². The zero-order chi connectivity index (χ0) is 29.8. The zero-order valence-corrected chi connectivity index (χ0v) is 28.8. The highest BCUT2D eigenvalue weighted by molar-refractivity contribution is 5.95. The summed E-state index contributed by atoms with van der Waals surface area (Å²) in [5.41, 5.74) is 11.1. The maximum Gasteiger partial charge on any atom is 0.251 e. The highest BCUT2D eigenvalue weighted by Gasteiger charge is 2.21. The van der Waals surface area contributed by atoms with Crippen molar-refractivity contribution in [1.29, 1.82) is 0 Å². The van der Waals surface area contributed by atoms with Crippen LogP contribution in [-0.2, 0) is 17.6 Å². The van der Waals surface area contributed by atoms with E-state index in [9.17, 15) is 9.59 Å². The van der Waals surface area contributed by atoms with Crippen molar-refractivity contribution in [3.63, 3.8) is 0 Å². The third-order valence-electron chi connectivity index (χ3n) is 8.83. The quantitative estimate of drug-likeness (QED) is 0.122. The summed E-state index contributed by atoms with van der Waals surface area (Å²) in [6, 6.07) is 15.4. The summed E-state index contributed by atoms with van der Waals surface area (Å²) >= 11 is 0. The molecule has 2 aromatic carbocycles. The van der Waals surface area contributed by atoms with Gasteiger partial charge in [0, 0.05) is 29.6 Å². The molecule has 0 atom stereocenters. The van der Waals surface area contributed by atoms with Crippen molar-refractivity contribution < 1.29 is 35.8 Å². The lowest BCUT2D eigenvalue weighted by Gasteiger charge is -2.35. The monoisotopic (exact) mass is 689 g/mol. The number of nitrogens with one attached hydrogen (secondary N) is 3. The number of unbranched alkanes of at least 4 members (excludes halogenated alkanes) is 2. The van der Waals surface area contributed by atoms with Crippen LogP contribution in [0, 0.1) is 0 Å². The number of hydrogen-bond acceptors (Lipinski definition) is 5. The van der Waals surface area contributed by atoms with Gasteiger partial charge in [-0.2, -0.15) is 0 Å². The number of para-hydroxylation sites is 1. The summed E-state index contributed by atoms with van der Waals surface area (Å²) < 4.78 is 6.99. The first-order valence-corrected chi connectivity index (χ1v) is 15.8. The second-order valence-corrected chi connectivity index (χ2v) is 11.3. The molecule has 3 aromatic rings. The summed E-state index contributed by atoms with van der Waals surface area (Å²) in [4.78, 5) is 30.0. The van der Waals surface area contributed by atoms with Crippen LogP contribution in [-0.4, -0.2) is 60.6 Å². The lowest BCUT2D eigenvalue weighted by molar-refractivity contribution is -0.923. The molecule has 0 fully saturated rings. The van der Waals surface area contributed by atoms with Gasteiger partial charge in [0.05, 0.1) is 30.8 Å². The molecule has 44 heavy (non-hydrogen) atoms. The Kier molecular flexibility index (Phi) is 16.0. The number of aromatic nitrogens is 1. The van der Waals surface area contributed by atoms with E-state index in [0.29, 0.717) is 25.1 Å². The molecular formula is C34H49BrClN5O3. The van der Waals surface area contributed by atoms with Crippen molar-refractivity contribution in [2.24, 2.45) is 0 Å². The van der Waals surface area contributed by atoms with Gasteiger partial charge >= 0.3 is 0 Å². The van der Waals surface area contributed by atoms with E-state index >= 15 is 0 Å². The minimum absolute atomic E-state index is 0. The molecule has 0 aliphatic heterocycles. The van der Waals surface area contributed by atoms with Gasteiger partial charge in [-0.15, -0.1) is 12.4 Å². The molecule has 2 amide bonds. The number of amides is 2.